The van der Waals surface area contributed by atoms with E-state index < -0.39 is 0 Å². The van der Waals surface area contributed by atoms with Gasteiger partial charge in [-0.1, -0.05) is 33.6 Å². The van der Waals surface area contributed by atoms with Gasteiger partial charge in [0.15, 0.2) is 0 Å². The molecule has 0 aliphatic carbocycles. The third-order valence-corrected chi connectivity index (χ3v) is 4.84. The van der Waals surface area contributed by atoms with Crippen molar-refractivity contribution in [2.45, 2.75) is 65.3 Å². The number of nitrogens with zero attached hydrogens (tertiary/aromatic N) is 2. The van der Waals surface area contributed by atoms with Gasteiger partial charge >= 0.3 is 0 Å². The lowest BCUT2D eigenvalue weighted by atomic mass is 9.94. The van der Waals surface area contributed by atoms with E-state index in [2.05, 4.69) is 10.2 Å². The van der Waals surface area contributed by atoms with Crippen LogP contribution in [0, 0.1) is 5.41 Å². The lowest BCUT2D eigenvalue weighted by Crippen LogP contribution is -2.52. The topological polar surface area (TPSA) is 52.7 Å². The van der Waals surface area contributed by atoms with Crippen LogP contribution in [0.4, 0.5) is 0 Å². The maximum Gasteiger partial charge on any atom is 0.236 e. The molecule has 0 aromatic heterocycles. The first kappa shape index (κ1) is 18.2. The van der Waals surface area contributed by atoms with Gasteiger partial charge in [-0.25, -0.2) is 0 Å². The zero-order chi connectivity index (χ0) is 16.9. The van der Waals surface area contributed by atoms with Gasteiger partial charge in [-0.3, -0.25) is 14.5 Å². The quantitative estimate of drug-likeness (QED) is 0.864. The Morgan fingerprint density at radius 3 is 2.26 bits per heavy atom. The van der Waals surface area contributed by atoms with Crippen LogP contribution < -0.4 is 5.32 Å². The van der Waals surface area contributed by atoms with E-state index in [1.54, 1.807) is 0 Å². The molecule has 2 aliphatic rings. The van der Waals surface area contributed by atoms with E-state index in [9.17, 15) is 9.59 Å². The zero-order valence-corrected chi connectivity index (χ0v) is 15.1. The summed E-state index contributed by atoms with van der Waals surface area (Å²) in [4.78, 5) is 28.9. The molecule has 5 nitrogen and oxygen atoms in total. The van der Waals surface area contributed by atoms with Crippen molar-refractivity contribution in [1.29, 1.82) is 0 Å². The summed E-state index contributed by atoms with van der Waals surface area (Å²) in [6, 6.07) is 0.174. The van der Waals surface area contributed by atoms with Crippen LogP contribution in [0.1, 0.15) is 59.3 Å². The van der Waals surface area contributed by atoms with Crippen LogP contribution in [-0.4, -0.2) is 60.4 Å². The fourth-order valence-electron chi connectivity index (χ4n) is 3.33. The highest BCUT2D eigenvalue weighted by atomic mass is 16.2. The van der Waals surface area contributed by atoms with E-state index in [0.717, 1.165) is 51.9 Å². The first-order chi connectivity index (χ1) is 10.9. The van der Waals surface area contributed by atoms with Crippen molar-refractivity contribution in [3.63, 3.8) is 0 Å². The molecule has 5 heteroatoms. The molecule has 2 rings (SSSR count). The second-order valence-electron chi connectivity index (χ2n) is 8.09. The number of nitrogens with one attached hydrogen (secondary N) is 1. The van der Waals surface area contributed by atoms with Crippen molar-refractivity contribution in [2.75, 3.05) is 32.7 Å². The van der Waals surface area contributed by atoms with Crippen molar-refractivity contribution in [3.8, 4) is 0 Å². The first-order valence-corrected chi connectivity index (χ1v) is 9.17. The SMILES string of the molecule is CC(C)(C)C(=O)NC1CCCN(CC(=O)N2CCCCCC2)C1. The average molecular weight is 323 g/mol. The third-order valence-electron chi connectivity index (χ3n) is 4.84. The smallest absolute Gasteiger partial charge is 0.236 e. The molecule has 2 heterocycles. The third kappa shape index (κ3) is 5.79. The van der Waals surface area contributed by atoms with Crippen molar-refractivity contribution < 1.29 is 9.59 Å². The van der Waals surface area contributed by atoms with Gasteiger partial charge in [-0.2, -0.15) is 0 Å². The molecule has 2 saturated heterocycles. The molecule has 1 N–H and O–H groups in total. The van der Waals surface area contributed by atoms with Gasteiger partial charge in [0, 0.05) is 31.1 Å². The minimum atomic E-state index is -0.357. The number of amides is 2. The predicted molar refractivity (Wildman–Crippen MR) is 92.1 cm³/mol. The summed E-state index contributed by atoms with van der Waals surface area (Å²) < 4.78 is 0. The Kier molecular flexibility index (Phi) is 6.45. The average Bonchev–Trinajstić information content (AvgIpc) is 2.75. The van der Waals surface area contributed by atoms with Crippen molar-refractivity contribution in [3.05, 3.63) is 0 Å². The van der Waals surface area contributed by atoms with Gasteiger partial charge in [-0.05, 0) is 32.2 Å². The molecule has 2 aliphatic heterocycles. The Labute approximate surface area is 140 Å². The maximum atomic E-state index is 12.5. The molecule has 0 aromatic rings. The summed E-state index contributed by atoms with van der Waals surface area (Å²) >= 11 is 0. The van der Waals surface area contributed by atoms with E-state index in [1.807, 2.05) is 25.7 Å². The minimum Gasteiger partial charge on any atom is -0.352 e. The number of likely N-dealkylation sites (tertiary alicyclic amines) is 2. The second-order valence-corrected chi connectivity index (χ2v) is 8.09. The Hall–Kier alpha value is -1.10. The van der Waals surface area contributed by atoms with Crippen LogP contribution in [0.15, 0.2) is 0 Å². The van der Waals surface area contributed by atoms with Gasteiger partial charge in [0.05, 0.1) is 6.54 Å². The van der Waals surface area contributed by atoms with Gasteiger partial charge in [-0.15, -0.1) is 0 Å². The molecule has 2 amide bonds. The molecule has 0 aromatic carbocycles. The van der Waals surface area contributed by atoms with Crippen LogP contribution in [0.2, 0.25) is 0 Å². The van der Waals surface area contributed by atoms with E-state index >= 15 is 0 Å². The largest absolute Gasteiger partial charge is 0.352 e. The van der Waals surface area contributed by atoms with Crippen molar-refractivity contribution in [2.24, 2.45) is 5.41 Å². The fraction of sp³-hybridized carbons (Fsp3) is 0.889. The Balaban J connectivity index is 1.81. The van der Waals surface area contributed by atoms with Gasteiger partial charge in [0.1, 0.15) is 0 Å². The lowest BCUT2D eigenvalue weighted by molar-refractivity contribution is -0.132. The van der Waals surface area contributed by atoms with Crippen LogP contribution in [0.5, 0.6) is 0 Å². The molecular weight excluding hydrogens is 290 g/mol. The van der Waals surface area contributed by atoms with Crippen LogP contribution >= 0.6 is 0 Å². The highest BCUT2D eigenvalue weighted by Crippen LogP contribution is 2.17. The Bertz CT molecular complexity index is 409. The fourth-order valence-corrected chi connectivity index (χ4v) is 3.33. The van der Waals surface area contributed by atoms with Crippen molar-refractivity contribution >= 4 is 11.8 Å². The Morgan fingerprint density at radius 1 is 1.00 bits per heavy atom. The molecule has 2 fully saturated rings. The molecule has 23 heavy (non-hydrogen) atoms. The molecule has 1 unspecified atom stereocenters. The predicted octanol–water partition coefficient (Wildman–Crippen LogP) is 2.02. The van der Waals surface area contributed by atoms with E-state index in [4.69, 9.17) is 0 Å². The standard InChI is InChI=1S/C18H33N3O2/c1-18(2,3)17(23)19-15-9-8-10-20(13-15)14-16(22)21-11-6-4-5-7-12-21/h15H,4-14H2,1-3H3,(H,19,23). The van der Waals surface area contributed by atoms with Gasteiger partial charge < -0.3 is 10.2 Å². The van der Waals surface area contributed by atoms with Gasteiger partial charge in [0.25, 0.3) is 0 Å². The molecule has 0 bridgehead atoms. The van der Waals surface area contributed by atoms with Crippen LogP contribution in [0.3, 0.4) is 0 Å². The molecular formula is C18H33N3O2. The monoisotopic (exact) mass is 323 g/mol. The van der Waals surface area contributed by atoms with E-state index in [0.29, 0.717) is 6.54 Å². The van der Waals surface area contributed by atoms with Crippen LogP contribution in [-0.2, 0) is 9.59 Å². The van der Waals surface area contributed by atoms with Crippen molar-refractivity contribution in [1.82, 2.24) is 15.1 Å². The number of rotatable bonds is 3. The van der Waals surface area contributed by atoms with Gasteiger partial charge in [0.2, 0.25) is 11.8 Å². The molecule has 1 atom stereocenters. The highest BCUT2D eigenvalue weighted by molar-refractivity contribution is 5.81. The Morgan fingerprint density at radius 2 is 1.65 bits per heavy atom. The summed E-state index contributed by atoms with van der Waals surface area (Å²) in [7, 11) is 0. The highest BCUT2D eigenvalue weighted by Gasteiger charge is 2.28. The summed E-state index contributed by atoms with van der Waals surface area (Å²) in [5.74, 6) is 0.359. The minimum absolute atomic E-state index is 0.100. The summed E-state index contributed by atoms with van der Waals surface area (Å²) in [5, 5.41) is 3.15. The number of carbonyl (C=O) groups excluding carboxylic acids is 2. The molecule has 0 radical (unpaired) electrons. The molecule has 132 valence electrons. The summed E-state index contributed by atoms with van der Waals surface area (Å²) in [6.07, 6.45) is 6.81. The first-order valence-electron chi connectivity index (χ1n) is 9.17. The second kappa shape index (κ2) is 8.13. The zero-order valence-electron chi connectivity index (χ0n) is 15.1. The molecule has 0 spiro atoms. The normalized spacial score (nSPS) is 24.1. The van der Waals surface area contributed by atoms with Crippen LogP contribution in [0.25, 0.3) is 0 Å². The lowest BCUT2D eigenvalue weighted by Gasteiger charge is -2.35. The van der Waals surface area contributed by atoms with E-state index in [-0.39, 0.29) is 23.3 Å². The maximum absolute atomic E-state index is 12.5. The number of carbonyl (C=O) groups is 2. The number of piperidine rings is 1. The number of hydrogen-bond acceptors (Lipinski definition) is 3. The number of hydrogen-bond donors (Lipinski definition) is 1. The summed E-state index contributed by atoms with van der Waals surface area (Å²) in [6.45, 7) is 9.89. The molecule has 0 saturated carbocycles. The van der Waals surface area contributed by atoms with E-state index in [1.165, 1.54) is 12.8 Å². The summed E-state index contributed by atoms with van der Waals surface area (Å²) in [5.41, 5.74) is -0.357.